The van der Waals surface area contributed by atoms with Gasteiger partial charge in [-0.1, -0.05) is 0 Å². The van der Waals surface area contributed by atoms with Crippen molar-refractivity contribution in [1.29, 1.82) is 0 Å². The number of carboxylic acid groups (broad SMARTS) is 1. The number of esters is 1. The molecule has 0 bridgehead atoms. The molecular formula is C7H11FO4. The first-order valence-electron chi connectivity index (χ1n) is 3.60. The lowest BCUT2D eigenvalue weighted by molar-refractivity contribution is -0.144. The molecule has 0 aliphatic heterocycles. The van der Waals surface area contributed by atoms with Gasteiger partial charge in [-0.2, -0.15) is 0 Å². The number of carbonyl (C=O) groups excluding carboxylic acids is 1. The fraction of sp³-hybridized carbons (Fsp3) is 0.714. The minimum atomic E-state index is -0.951. The van der Waals surface area contributed by atoms with Crippen molar-refractivity contribution >= 4 is 11.9 Å². The summed E-state index contributed by atoms with van der Waals surface area (Å²) in [5, 5.41) is 8.19. The predicted molar refractivity (Wildman–Crippen MR) is 38.4 cm³/mol. The summed E-state index contributed by atoms with van der Waals surface area (Å²) in [6.45, 7) is -0.948. The van der Waals surface area contributed by atoms with E-state index in [1.165, 1.54) is 0 Å². The molecule has 0 aliphatic carbocycles. The van der Waals surface area contributed by atoms with Crippen LogP contribution in [0.5, 0.6) is 0 Å². The number of ether oxygens (including phenoxy) is 1. The second-order valence-electron chi connectivity index (χ2n) is 2.16. The molecule has 0 amide bonds. The molecule has 0 atom stereocenters. The first-order valence-corrected chi connectivity index (χ1v) is 3.60. The van der Waals surface area contributed by atoms with E-state index in [0.717, 1.165) is 0 Å². The van der Waals surface area contributed by atoms with Crippen LogP contribution in [0.4, 0.5) is 4.39 Å². The number of aliphatic carboxylic acids is 1. The lowest BCUT2D eigenvalue weighted by atomic mass is 10.2. The maximum absolute atomic E-state index is 11.4. The Morgan fingerprint density at radius 1 is 1.33 bits per heavy atom. The summed E-state index contributed by atoms with van der Waals surface area (Å²) in [7, 11) is 0. The molecule has 4 nitrogen and oxygen atoms in total. The van der Waals surface area contributed by atoms with E-state index < -0.39 is 18.6 Å². The van der Waals surface area contributed by atoms with Gasteiger partial charge < -0.3 is 9.84 Å². The number of hydrogen-bond acceptors (Lipinski definition) is 3. The predicted octanol–water partition coefficient (Wildman–Crippen LogP) is 0.754. The highest BCUT2D eigenvalue weighted by Crippen LogP contribution is 1.97. The molecule has 0 heterocycles. The van der Waals surface area contributed by atoms with Crippen LogP contribution in [0.1, 0.15) is 19.3 Å². The van der Waals surface area contributed by atoms with Crippen LogP contribution in [0.2, 0.25) is 0 Å². The molecule has 70 valence electrons. The highest BCUT2D eigenvalue weighted by molar-refractivity contribution is 5.71. The Hall–Kier alpha value is -1.13. The average Bonchev–Trinajstić information content (AvgIpc) is 2.00. The number of halogens is 1. The van der Waals surface area contributed by atoms with E-state index in [-0.39, 0.29) is 25.9 Å². The largest absolute Gasteiger partial charge is 0.481 e. The van der Waals surface area contributed by atoms with E-state index in [0.29, 0.717) is 0 Å². The minimum absolute atomic E-state index is 0.0340. The Labute approximate surface area is 69.3 Å². The van der Waals surface area contributed by atoms with Crippen molar-refractivity contribution in [3.63, 3.8) is 0 Å². The van der Waals surface area contributed by atoms with Gasteiger partial charge in [0.2, 0.25) is 0 Å². The van der Waals surface area contributed by atoms with Crippen molar-refractivity contribution < 1.29 is 23.8 Å². The third-order valence-electron chi connectivity index (χ3n) is 1.11. The second kappa shape index (κ2) is 6.57. The summed E-state index contributed by atoms with van der Waals surface area (Å²) < 4.78 is 15.8. The number of hydrogen-bond donors (Lipinski definition) is 1. The maximum Gasteiger partial charge on any atom is 0.305 e. The molecule has 5 heteroatoms. The Balaban J connectivity index is 3.25. The summed E-state index contributed by atoms with van der Waals surface area (Å²) in [5.41, 5.74) is 0. The zero-order valence-corrected chi connectivity index (χ0v) is 6.59. The number of alkyl halides is 1. The fourth-order valence-electron chi connectivity index (χ4n) is 0.609. The van der Waals surface area contributed by atoms with Gasteiger partial charge in [-0.05, 0) is 6.42 Å². The van der Waals surface area contributed by atoms with E-state index in [9.17, 15) is 14.0 Å². The number of rotatable bonds is 6. The third-order valence-corrected chi connectivity index (χ3v) is 1.11. The zero-order valence-electron chi connectivity index (χ0n) is 6.59. The Morgan fingerprint density at radius 2 is 2.00 bits per heavy atom. The van der Waals surface area contributed by atoms with Gasteiger partial charge in [0.05, 0.1) is 0 Å². The summed E-state index contributed by atoms with van der Waals surface area (Å²) in [6, 6.07) is 0. The van der Waals surface area contributed by atoms with Crippen molar-refractivity contribution in [3.8, 4) is 0 Å². The lowest BCUT2D eigenvalue weighted by Crippen LogP contribution is -2.07. The van der Waals surface area contributed by atoms with Crippen LogP contribution in [-0.2, 0) is 14.3 Å². The molecule has 0 aromatic heterocycles. The standard InChI is InChI=1S/C7H11FO4/c8-4-5-12-7(11)3-1-2-6(9)10/h1-5H2,(H,9,10). The van der Waals surface area contributed by atoms with E-state index >= 15 is 0 Å². The monoisotopic (exact) mass is 178 g/mol. The molecule has 0 unspecified atom stereocenters. The molecule has 0 fully saturated rings. The molecule has 0 saturated heterocycles. The molecule has 0 radical (unpaired) electrons. The van der Waals surface area contributed by atoms with Crippen molar-refractivity contribution in [2.75, 3.05) is 13.3 Å². The van der Waals surface area contributed by atoms with Crippen LogP contribution >= 0.6 is 0 Å². The number of carbonyl (C=O) groups is 2. The summed E-state index contributed by atoms with van der Waals surface area (Å²) in [4.78, 5) is 20.6. The van der Waals surface area contributed by atoms with E-state index in [2.05, 4.69) is 4.74 Å². The molecule has 0 spiro atoms. The average molecular weight is 178 g/mol. The summed E-state index contributed by atoms with van der Waals surface area (Å²) >= 11 is 0. The Morgan fingerprint density at radius 3 is 2.50 bits per heavy atom. The SMILES string of the molecule is O=C(O)CCCC(=O)OCCF. The van der Waals surface area contributed by atoms with Gasteiger partial charge in [-0.15, -0.1) is 0 Å². The van der Waals surface area contributed by atoms with Crippen molar-refractivity contribution in [3.05, 3.63) is 0 Å². The zero-order chi connectivity index (χ0) is 9.40. The van der Waals surface area contributed by atoms with Crippen LogP contribution in [-0.4, -0.2) is 30.3 Å². The molecule has 0 aromatic rings. The first kappa shape index (κ1) is 10.9. The van der Waals surface area contributed by atoms with Gasteiger partial charge in [0.1, 0.15) is 13.3 Å². The van der Waals surface area contributed by atoms with Crippen LogP contribution < -0.4 is 0 Å². The third kappa shape index (κ3) is 6.98. The molecule has 0 rings (SSSR count). The van der Waals surface area contributed by atoms with Gasteiger partial charge in [0.25, 0.3) is 0 Å². The number of carboxylic acids is 1. The van der Waals surface area contributed by atoms with Gasteiger partial charge >= 0.3 is 11.9 Å². The van der Waals surface area contributed by atoms with Crippen LogP contribution in [0.15, 0.2) is 0 Å². The topological polar surface area (TPSA) is 63.6 Å². The fourth-order valence-corrected chi connectivity index (χ4v) is 0.609. The van der Waals surface area contributed by atoms with Gasteiger partial charge in [-0.3, -0.25) is 9.59 Å². The maximum atomic E-state index is 11.4. The first-order chi connectivity index (χ1) is 5.66. The lowest BCUT2D eigenvalue weighted by Gasteiger charge is -1.99. The van der Waals surface area contributed by atoms with Gasteiger partial charge in [0, 0.05) is 12.8 Å². The van der Waals surface area contributed by atoms with Gasteiger partial charge in [0.15, 0.2) is 0 Å². The van der Waals surface area contributed by atoms with Crippen molar-refractivity contribution in [2.24, 2.45) is 0 Å². The van der Waals surface area contributed by atoms with Crippen LogP contribution in [0.3, 0.4) is 0 Å². The smallest absolute Gasteiger partial charge is 0.305 e. The van der Waals surface area contributed by atoms with Crippen molar-refractivity contribution in [1.82, 2.24) is 0 Å². The molecule has 0 aliphatic rings. The summed E-state index contributed by atoms with van der Waals surface area (Å²) in [6.07, 6.45) is 0.206. The van der Waals surface area contributed by atoms with Crippen molar-refractivity contribution in [2.45, 2.75) is 19.3 Å². The highest BCUT2D eigenvalue weighted by Gasteiger charge is 2.04. The Kier molecular flexibility index (Phi) is 5.95. The van der Waals surface area contributed by atoms with E-state index in [4.69, 9.17) is 5.11 Å². The van der Waals surface area contributed by atoms with Crippen LogP contribution in [0.25, 0.3) is 0 Å². The minimum Gasteiger partial charge on any atom is -0.481 e. The van der Waals surface area contributed by atoms with Crippen LogP contribution in [0, 0.1) is 0 Å². The quantitative estimate of drug-likeness (QED) is 0.609. The second-order valence-corrected chi connectivity index (χ2v) is 2.16. The summed E-state index contributed by atoms with van der Waals surface area (Å²) in [5.74, 6) is -1.50. The molecule has 1 N–H and O–H groups in total. The van der Waals surface area contributed by atoms with E-state index in [1.54, 1.807) is 0 Å². The van der Waals surface area contributed by atoms with E-state index in [1.807, 2.05) is 0 Å². The molecule has 0 aromatic carbocycles. The highest BCUT2D eigenvalue weighted by atomic mass is 19.1. The molecular weight excluding hydrogens is 167 g/mol. The molecule has 0 saturated carbocycles. The normalized spacial score (nSPS) is 9.42. The molecule has 12 heavy (non-hydrogen) atoms. The Bertz CT molecular complexity index is 157. The van der Waals surface area contributed by atoms with Gasteiger partial charge in [-0.25, -0.2) is 4.39 Å².